The van der Waals surface area contributed by atoms with Gasteiger partial charge in [0.25, 0.3) is 5.91 Å². The van der Waals surface area contributed by atoms with E-state index in [4.69, 9.17) is 46.4 Å². The van der Waals surface area contributed by atoms with Crippen LogP contribution in [0.15, 0.2) is 41.6 Å². The zero-order chi connectivity index (χ0) is 33.5. The SMILES string of the molecule is CN(C)C(=O)CC1CCCN(C2CCN(CCC(/C(CN(C)C(=O)c3cc(Cl)cc(Cl)c3)=N/O)c3ccc(Cl)c(Cl)c3)CC2)C1=O. The topological polar surface area (TPSA) is 96.8 Å². The molecule has 0 spiro atoms. The molecule has 250 valence electrons. The molecule has 1 N–H and O–H groups in total. The van der Waals surface area contributed by atoms with Crippen molar-refractivity contribution in [2.75, 3.05) is 53.9 Å². The van der Waals surface area contributed by atoms with Crippen LogP contribution in [0.3, 0.4) is 0 Å². The van der Waals surface area contributed by atoms with Crippen LogP contribution in [0.1, 0.15) is 60.4 Å². The summed E-state index contributed by atoms with van der Waals surface area (Å²) in [5, 5.41) is 15.3. The first-order chi connectivity index (χ1) is 21.9. The number of nitrogens with zero attached hydrogens (tertiary/aromatic N) is 5. The third kappa shape index (κ3) is 9.28. The van der Waals surface area contributed by atoms with Gasteiger partial charge in [-0.25, -0.2) is 0 Å². The van der Waals surface area contributed by atoms with Crippen LogP contribution in [0.2, 0.25) is 20.1 Å². The van der Waals surface area contributed by atoms with Gasteiger partial charge in [-0.15, -0.1) is 0 Å². The summed E-state index contributed by atoms with van der Waals surface area (Å²) >= 11 is 24.8. The molecule has 2 saturated heterocycles. The van der Waals surface area contributed by atoms with Crippen LogP contribution in [0.5, 0.6) is 0 Å². The molecule has 0 radical (unpaired) electrons. The van der Waals surface area contributed by atoms with Gasteiger partial charge in [-0.05, 0) is 74.5 Å². The van der Waals surface area contributed by atoms with E-state index in [9.17, 15) is 19.6 Å². The van der Waals surface area contributed by atoms with Gasteiger partial charge in [0.2, 0.25) is 11.8 Å². The normalized spacial score (nSPS) is 18.8. The average molecular weight is 714 g/mol. The van der Waals surface area contributed by atoms with E-state index >= 15 is 0 Å². The molecule has 0 aliphatic carbocycles. The van der Waals surface area contributed by atoms with E-state index < -0.39 is 0 Å². The molecular weight excluding hydrogens is 672 g/mol. The Labute approximate surface area is 291 Å². The minimum Gasteiger partial charge on any atom is -0.411 e. The van der Waals surface area contributed by atoms with Gasteiger partial charge < -0.3 is 24.8 Å². The van der Waals surface area contributed by atoms with Crippen molar-refractivity contribution in [3.05, 3.63) is 67.6 Å². The van der Waals surface area contributed by atoms with Crippen molar-refractivity contribution in [1.82, 2.24) is 19.6 Å². The summed E-state index contributed by atoms with van der Waals surface area (Å²) in [7, 11) is 5.07. The quantitative estimate of drug-likeness (QED) is 0.162. The van der Waals surface area contributed by atoms with Crippen molar-refractivity contribution in [2.45, 2.75) is 50.5 Å². The van der Waals surface area contributed by atoms with Crippen molar-refractivity contribution in [2.24, 2.45) is 11.1 Å². The van der Waals surface area contributed by atoms with E-state index in [1.807, 2.05) is 11.0 Å². The van der Waals surface area contributed by atoms with Gasteiger partial charge in [-0.1, -0.05) is 57.6 Å². The van der Waals surface area contributed by atoms with E-state index in [-0.39, 0.29) is 48.6 Å². The molecule has 4 rings (SSSR count). The highest BCUT2D eigenvalue weighted by molar-refractivity contribution is 6.42. The van der Waals surface area contributed by atoms with Crippen molar-refractivity contribution >= 4 is 69.8 Å². The highest BCUT2D eigenvalue weighted by Crippen LogP contribution is 2.31. The average Bonchev–Trinajstić information content (AvgIpc) is 3.02. The maximum Gasteiger partial charge on any atom is 0.254 e. The zero-order valence-electron chi connectivity index (χ0n) is 26.4. The molecule has 2 aromatic carbocycles. The van der Waals surface area contributed by atoms with Crippen LogP contribution in [-0.4, -0.2) is 108 Å². The number of oxime groups is 1. The van der Waals surface area contributed by atoms with E-state index in [0.717, 1.165) is 50.9 Å². The predicted octanol–water partition coefficient (Wildman–Crippen LogP) is 6.56. The molecule has 3 amide bonds. The molecule has 2 aromatic rings. The molecule has 2 unspecified atom stereocenters. The second-order valence-corrected chi connectivity index (χ2v) is 14.0. The minimum atomic E-state index is -0.352. The number of carbonyl (C=O) groups is 3. The van der Waals surface area contributed by atoms with Gasteiger partial charge in [-0.3, -0.25) is 14.4 Å². The first-order valence-corrected chi connectivity index (χ1v) is 17.0. The number of benzene rings is 2. The Kier molecular flexibility index (Phi) is 13.0. The van der Waals surface area contributed by atoms with Crippen molar-refractivity contribution < 1.29 is 19.6 Å². The lowest BCUT2D eigenvalue weighted by Crippen LogP contribution is -2.52. The lowest BCUT2D eigenvalue weighted by molar-refractivity contribution is -0.146. The number of hydrogen-bond donors (Lipinski definition) is 1. The smallest absolute Gasteiger partial charge is 0.254 e. The molecule has 0 saturated carbocycles. The Morgan fingerprint density at radius 3 is 2.24 bits per heavy atom. The predicted molar refractivity (Wildman–Crippen MR) is 184 cm³/mol. The molecule has 13 heteroatoms. The number of carbonyl (C=O) groups excluding carboxylic acids is 3. The summed E-state index contributed by atoms with van der Waals surface area (Å²) in [6.07, 6.45) is 4.22. The Hall–Kier alpha value is -2.56. The van der Waals surface area contributed by atoms with Crippen LogP contribution in [0.4, 0.5) is 0 Å². The Bertz CT molecular complexity index is 1430. The molecule has 2 fully saturated rings. The highest BCUT2D eigenvalue weighted by atomic mass is 35.5. The molecular formula is C33H41Cl4N5O4. The van der Waals surface area contributed by atoms with Crippen LogP contribution < -0.4 is 0 Å². The van der Waals surface area contributed by atoms with E-state index in [2.05, 4.69) is 10.1 Å². The Morgan fingerprint density at radius 1 is 0.957 bits per heavy atom. The zero-order valence-corrected chi connectivity index (χ0v) is 29.4. The second-order valence-electron chi connectivity index (χ2n) is 12.4. The molecule has 2 aliphatic rings. The van der Waals surface area contributed by atoms with Gasteiger partial charge in [0.15, 0.2) is 0 Å². The molecule has 0 aromatic heterocycles. The number of piperidine rings is 2. The molecule has 2 heterocycles. The molecule has 2 atom stereocenters. The number of likely N-dealkylation sites (tertiary alicyclic amines) is 2. The van der Waals surface area contributed by atoms with Crippen LogP contribution in [0.25, 0.3) is 0 Å². The standard InChI is InChI=1S/C33H41Cl4N5O4/c1-39(2)31(43)18-22-5-4-11-42(33(22)45)26-8-12-41(13-9-26)14-10-27(21-6-7-28(36)29(37)17-21)30(38-46)20-40(3)32(44)23-15-24(34)19-25(35)16-23/h6-7,15-17,19,22,26-27,46H,4-5,8-14,18,20H2,1-3H3/b38-30+. The fraction of sp³-hybridized carbons (Fsp3) is 0.515. The largest absolute Gasteiger partial charge is 0.411 e. The van der Waals surface area contributed by atoms with Crippen molar-refractivity contribution in [3.8, 4) is 0 Å². The van der Waals surface area contributed by atoms with Gasteiger partial charge in [0.1, 0.15) is 0 Å². The van der Waals surface area contributed by atoms with Gasteiger partial charge >= 0.3 is 0 Å². The lowest BCUT2D eigenvalue weighted by atomic mass is 9.89. The summed E-state index contributed by atoms with van der Waals surface area (Å²) in [4.78, 5) is 46.2. The van der Waals surface area contributed by atoms with Crippen molar-refractivity contribution in [3.63, 3.8) is 0 Å². The summed E-state index contributed by atoms with van der Waals surface area (Å²) in [6, 6.07) is 10.1. The maximum absolute atomic E-state index is 13.3. The Balaban J connectivity index is 1.41. The fourth-order valence-corrected chi connectivity index (χ4v) is 7.20. The molecule has 46 heavy (non-hydrogen) atoms. The van der Waals surface area contributed by atoms with Crippen molar-refractivity contribution in [1.29, 1.82) is 0 Å². The first kappa shape index (κ1) is 36.3. The fourth-order valence-electron chi connectivity index (χ4n) is 6.37. The number of rotatable bonds is 11. The third-order valence-corrected chi connectivity index (χ3v) is 10.1. The lowest BCUT2D eigenvalue weighted by Gasteiger charge is -2.42. The van der Waals surface area contributed by atoms with E-state index in [1.54, 1.807) is 56.4 Å². The Morgan fingerprint density at radius 2 is 1.63 bits per heavy atom. The van der Waals surface area contributed by atoms with Crippen LogP contribution in [-0.2, 0) is 9.59 Å². The monoisotopic (exact) mass is 711 g/mol. The minimum absolute atomic E-state index is 0.0123. The van der Waals surface area contributed by atoms with Crippen LogP contribution in [0, 0.1) is 5.92 Å². The van der Waals surface area contributed by atoms with E-state index in [1.165, 1.54) is 4.90 Å². The number of hydrogen-bond acceptors (Lipinski definition) is 6. The molecule has 9 nitrogen and oxygen atoms in total. The highest BCUT2D eigenvalue weighted by Gasteiger charge is 2.36. The summed E-state index contributed by atoms with van der Waals surface area (Å²) in [5.74, 6) is -0.829. The van der Waals surface area contributed by atoms with Gasteiger partial charge in [0, 0.05) is 80.7 Å². The molecule has 0 bridgehead atoms. The van der Waals surface area contributed by atoms with E-state index in [0.29, 0.717) is 44.3 Å². The first-order valence-electron chi connectivity index (χ1n) is 15.5. The maximum atomic E-state index is 13.3. The van der Waals surface area contributed by atoms with Gasteiger partial charge in [0.05, 0.1) is 22.3 Å². The van der Waals surface area contributed by atoms with Gasteiger partial charge in [-0.2, -0.15) is 0 Å². The molecule has 2 aliphatic heterocycles. The number of halogens is 4. The second kappa shape index (κ2) is 16.5. The summed E-state index contributed by atoms with van der Waals surface area (Å²) < 4.78 is 0. The number of amides is 3. The summed E-state index contributed by atoms with van der Waals surface area (Å²) in [5.41, 5.74) is 1.55. The third-order valence-electron chi connectivity index (χ3n) is 8.97. The summed E-state index contributed by atoms with van der Waals surface area (Å²) in [6.45, 7) is 3.11. The van der Waals surface area contributed by atoms with Crippen LogP contribution >= 0.6 is 46.4 Å².